The average Bonchev–Trinajstić information content (AvgIpc) is 1.56. The van der Waals surface area contributed by atoms with Gasteiger partial charge in [0, 0.05) is 171 Å². The first kappa shape index (κ1) is 89.6. The molecule has 0 fully saturated rings. The molecule has 9 nitrogen and oxygen atoms in total. The molecule has 0 radical (unpaired) electrons. The number of benzene rings is 21. The molecule has 9 heterocycles. The normalized spacial score (nSPS) is 11.6. The second-order valence-electron chi connectivity index (χ2n) is 37.3. The summed E-state index contributed by atoms with van der Waals surface area (Å²) in [6.45, 7) is 0. The van der Waals surface area contributed by atoms with E-state index in [1.807, 2.05) is 6.07 Å². The molecule has 150 heavy (non-hydrogen) atoms. The zero-order valence-corrected chi connectivity index (χ0v) is 85.1. The van der Waals surface area contributed by atoms with E-state index in [-0.39, 0.29) is 0 Å². The van der Waals surface area contributed by atoms with E-state index >= 15 is 0 Å². The van der Waals surface area contributed by atoms with Gasteiger partial charge in [0.25, 0.3) is 0 Å². The summed E-state index contributed by atoms with van der Waals surface area (Å²) >= 11 is 10.8. The molecule has 0 spiro atoms. The van der Waals surface area contributed by atoms with Gasteiger partial charge < -0.3 is 0 Å². The van der Waals surface area contributed by atoms with Gasteiger partial charge in [-0.05, 0) is 164 Å². The average molecular weight is 2020 g/mol. The third-order valence-corrected chi connectivity index (χ3v) is 34.8. The second kappa shape index (κ2) is 38.4. The van der Waals surface area contributed by atoms with E-state index in [4.69, 9.17) is 44.9 Å². The lowest BCUT2D eigenvalue weighted by Crippen LogP contribution is -2.00. The van der Waals surface area contributed by atoms with Crippen LogP contribution in [0.1, 0.15) is 0 Å². The molecule has 9 aromatic heterocycles. The standard InChI is InChI=1S/3C45H27N3S2/c1-2-10-28(11-3-1)29-12-8-13-30(24-29)31-14-9-15-32(25-31)43-46-44(33-20-22-37-35-16-4-6-18-39(35)49-41(37)26-33)48-45(47-43)34-21-23-38-36-17-5-7-19-40(36)50-42(38)27-34;1-2-9-28(10-3-1)31-11-8-12-32(25-31)29-17-19-30(20-18-29)43-46-44(33-21-23-37-35-13-4-6-15-39(35)49-41(37)26-33)48-45(47-43)34-22-24-38-36-14-5-7-16-40(36)50-42(38)27-34;1-2-9-28(10-3-1)29-17-19-30(20-18-29)31-11-8-12-32(25-31)43-46-44(33-21-23-37-35-13-4-6-15-39(35)49-41(37)26-33)48-45(47-43)34-22-24-38-36-14-5-7-16-40(36)50-42(38)27-34/h3*1-27H. The van der Waals surface area contributed by atoms with Crippen molar-refractivity contribution in [3.8, 4) is 169 Å². The van der Waals surface area contributed by atoms with Crippen LogP contribution >= 0.6 is 68.0 Å². The fourth-order valence-electron chi connectivity index (χ4n) is 20.5. The van der Waals surface area contributed by atoms with E-state index in [1.165, 1.54) is 160 Å². The molecule has 0 aliphatic carbocycles. The Balaban J connectivity index is 0.000000108. The van der Waals surface area contributed by atoms with Crippen molar-refractivity contribution in [3.05, 3.63) is 491 Å². The largest absolute Gasteiger partial charge is 0.208 e. The number of fused-ring (bicyclic) bond motifs is 18. The van der Waals surface area contributed by atoms with Crippen molar-refractivity contribution in [2.24, 2.45) is 0 Å². The maximum absolute atomic E-state index is 5.14. The van der Waals surface area contributed by atoms with Crippen LogP contribution in [0.25, 0.3) is 290 Å². The van der Waals surface area contributed by atoms with Crippen molar-refractivity contribution < 1.29 is 0 Å². The molecule has 0 bridgehead atoms. The van der Waals surface area contributed by atoms with Gasteiger partial charge in [-0.3, -0.25) is 0 Å². The van der Waals surface area contributed by atoms with E-state index < -0.39 is 0 Å². The van der Waals surface area contributed by atoms with E-state index in [9.17, 15) is 0 Å². The van der Waals surface area contributed by atoms with E-state index in [0.29, 0.717) is 52.4 Å². The number of hydrogen-bond acceptors (Lipinski definition) is 15. The summed E-state index contributed by atoms with van der Waals surface area (Å²) in [5.74, 6) is 5.95. The number of nitrogens with zero attached hydrogens (tertiary/aromatic N) is 9. The molecule has 0 saturated carbocycles. The predicted molar refractivity (Wildman–Crippen MR) is 638 cm³/mol. The minimum absolute atomic E-state index is 0.652. The first-order valence-corrected chi connectivity index (χ1v) is 54.7. The molecule has 0 atom stereocenters. The smallest absolute Gasteiger partial charge is 0.164 e. The Morgan fingerprint density at radius 2 is 0.220 bits per heavy atom. The van der Waals surface area contributed by atoms with Crippen LogP contribution < -0.4 is 0 Å². The van der Waals surface area contributed by atoms with Crippen molar-refractivity contribution in [2.45, 2.75) is 0 Å². The second-order valence-corrected chi connectivity index (χ2v) is 43.9. The Bertz CT molecular complexity index is 10100. The number of aromatic nitrogens is 9. The SMILES string of the molecule is c1ccc(-c2ccc(-c3cccc(-c4nc(-c5ccc6c(c5)sc5ccccc56)nc(-c5ccc6c(c5)sc5ccccc56)n4)c3)cc2)cc1.c1ccc(-c2cccc(-c3ccc(-c4nc(-c5ccc6c(c5)sc5ccccc56)nc(-c5ccc6c(c5)sc5ccccc56)n4)cc3)c2)cc1.c1ccc(-c2cccc(-c3cccc(-c4nc(-c5ccc6c(c5)sc5ccccc56)nc(-c5ccc6c(c5)sc5ccccc56)n4)c3)c2)cc1. The Kier molecular flexibility index (Phi) is 22.9. The van der Waals surface area contributed by atoms with Gasteiger partial charge in [-0.25, -0.2) is 44.9 Å². The molecule has 21 aromatic carbocycles. The Morgan fingerprint density at radius 3 is 0.447 bits per heavy atom. The minimum atomic E-state index is 0.652. The lowest BCUT2D eigenvalue weighted by atomic mass is 9.98. The topological polar surface area (TPSA) is 116 Å². The lowest BCUT2D eigenvalue weighted by molar-refractivity contribution is 1.07. The molecule has 30 aromatic rings. The lowest BCUT2D eigenvalue weighted by Gasteiger charge is -2.11. The van der Waals surface area contributed by atoms with Gasteiger partial charge in [0.15, 0.2) is 52.4 Å². The fourth-order valence-corrected chi connectivity index (χ4v) is 27.3. The van der Waals surface area contributed by atoms with Crippen LogP contribution in [0.3, 0.4) is 0 Å². The maximum atomic E-state index is 5.14. The number of rotatable bonds is 15. The highest BCUT2D eigenvalue weighted by atomic mass is 32.1. The maximum Gasteiger partial charge on any atom is 0.164 e. The highest BCUT2D eigenvalue weighted by Gasteiger charge is 2.23. The number of thiophene rings is 6. The van der Waals surface area contributed by atoms with Gasteiger partial charge in [-0.2, -0.15) is 0 Å². The Hall–Kier alpha value is -18.0. The van der Waals surface area contributed by atoms with Crippen molar-refractivity contribution in [1.82, 2.24) is 44.9 Å². The summed E-state index contributed by atoms with van der Waals surface area (Å²) in [6.07, 6.45) is 0. The Morgan fingerprint density at radius 1 is 0.0867 bits per heavy atom. The highest BCUT2D eigenvalue weighted by molar-refractivity contribution is 7.28. The molecule has 0 aliphatic heterocycles. The van der Waals surface area contributed by atoms with Crippen LogP contribution in [0.2, 0.25) is 0 Å². The summed E-state index contributed by atoms with van der Waals surface area (Å²) in [5.41, 5.74) is 22.7. The summed E-state index contributed by atoms with van der Waals surface area (Å²) in [6, 6.07) is 174. The van der Waals surface area contributed by atoms with E-state index in [2.05, 4.69) is 485 Å². The molecule has 0 saturated heterocycles. The zero-order valence-electron chi connectivity index (χ0n) is 80.2. The van der Waals surface area contributed by atoms with E-state index in [1.54, 1.807) is 68.0 Å². The molecule has 0 amide bonds. The third-order valence-electron chi connectivity index (χ3n) is 28.0. The van der Waals surface area contributed by atoms with Gasteiger partial charge >= 0.3 is 0 Å². The molecule has 15 heteroatoms. The van der Waals surface area contributed by atoms with Crippen LogP contribution in [-0.4, -0.2) is 44.9 Å². The molecule has 30 rings (SSSR count). The predicted octanol–water partition coefficient (Wildman–Crippen LogP) is 38.8. The summed E-state index contributed by atoms with van der Waals surface area (Å²) in [7, 11) is 0. The molecule has 0 N–H and O–H groups in total. The molecular formula is C135H81N9S6. The van der Waals surface area contributed by atoms with Crippen LogP contribution in [0.5, 0.6) is 0 Å². The summed E-state index contributed by atoms with van der Waals surface area (Å²) in [5, 5.41) is 15.2. The van der Waals surface area contributed by atoms with Crippen molar-refractivity contribution in [3.63, 3.8) is 0 Å². The third kappa shape index (κ3) is 17.3. The van der Waals surface area contributed by atoms with Crippen LogP contribution in [0.4, 0.5) is 0 Å². The number of hydrogen-bond donors (Lipinski definition) is 0. The first-order chi connectivity index (χ1) is 74.2. The van der Waals surface area contributed by atoms with Crippen molar-refractivity contribution in [2.75, 3.05) is 0 Å². The van der Waals surface area contributed by atoms with Gasteiger partial charge in [0.2, 0.25) is 0 Å². The van der Waals surface area contributed by atoms with E-state index in [0.717, 1.165) is 77.9 Å². The van der Waals surface area contributed by atoms with Gasteiger partial charge in [-0.1, -0.05) is 394 Å². The molecule has 0 aliphatic rings. The van der Waals surface area contributed by atoms with Gasteiger partial charge in [-0.15, -0.1) is 68.0 Å². The quantitative estimate of drug-likeness (QED) is 0.0989. The first-order valence-electron chi connectivity index (χ1n) is 49.8. The monoisotopic (exact) mass is 2020 g/mol. The summed E-state index contributed by atoms with van der Waals surface area (Å²) in [4.78, 5) is 46.1. The molecular weight excluding hydrogens is 1940 g/mol. The fraction of sp³-hybridized carbons (Fsp3) is 0. The van der Waals surface area contributed by atoms with Crippen LogP contribution in [0, 0.1) is 0 Å². The minimum Gasteiger partial charge on any atom is -0.208 e. The van der Waals surface area contributed by atoms with Gasteiger partial charge in [0.05, 0.1) is 0 Å². The molecule has 0 unspecified atom stereocenters. The van der Waals surface area contributed by atoms with Crippen molar-refractivity contribution >= 4 is 189 Å². The highest BCUT2D eigenvalue weighted by Crippen LogP contribution is 2.46. The molecule has 702 valence electrons. The summed E-state index contributed by atoms with van der Waals surface area (Å²) < 4.78 is 15.0. The van der Waals surface area contributed by atoms with Gasteiger partial charge in [0.1, 0.15) is 0 Å². The Labute approximate surface area is 886 Å². The van der Waals surface area contributed by atoms with Crippen LogP contribution in [-0.2, 0) is 0 Å². The zero-order chi connectivity index (χ0) is 99.1. The van der Waals surface area contributed by atoms with Crippen LogP contribution in [0.15, 0.2) is 491 Å². The van der Waals surface area contributed by atoms with Crippen molar-refractivity contribution in [1.29, 1.82) is 0 Å².